The summed E-state index contributed by atoms with van der Waals surface area (Å²) in [4.78, 5) is 14.5. The highest BCUT2D eigenvalue weighted by molar-refractivity contribution is 5.92. The van der Waals surface area contributed by atoms with Crippen LogP contribution in [0.5, 0.6) is 5.75 Å². The molecule has 0 spiro atoms. The van der Waals surface area contributed by atoms with Gasteiger partial charge < -0.3 is 19.7 Å². The Labute approximate surface area is 148 Å². The smallest absolute Gasteiger partial charge is 0.228 e. The maximum absolute atomic E-state index is 12.2. The molecule has 1 amide bonds. The number of nitrogens with zero attached hydrogens (tertiary/aromatic N) is 1. The molecule has 1 fully saturated rings. The molecular formula is C20H24N2O3. The summed E-state index contributed by atoms with van der Waals surface area (Å²) in [7, 11) is 3.39. The normalized spacial score (nSPS) is 16.7. The number of benzene rings is 2. The Morgan fingerprint density at radius 3 is 2.44 bits per heavy atom. The maximum Gasteiger partial charge on any atom is 0.228 e. The molecule has 0 saturated carbocycles. The van der Waals surface area contributed by atoms with Crippen molar-refractivity contribution < 1.29 is 14.3 Å². The lowest BCUT2D eigenvalue weighted by molar-refractivity contribution is -0.115. The van der Waals surface area contributed by atoms with Crippen LogP contribution in [0.3, 0.4) is 0 Å². The largest absolute Gasteiger partial charge is 0.497 e. The maximum atomic E-state index is 12.2. The predicted molar refractivity (Wildman–Crippen MR) is 99.4 cm³/mol. The molecule has 0 radical (unpaired) electrons. The Morgan fingerprint density at radius 2 is 1.84 bits per heavy atom. The second kappa shape index (κ2) is 8.03. The molecule has 2 aromatic rings. The topological polar surface area (TPSA) is 50.8 Å². The number of methoxy groups -OCH3 is 2. The van der Waals surface area contributed by atoms with E-state index >= 15 is 0 Å². The number of carbonyl (C=O) groups is 1. The van der Waals surface area contributed by atoms with Crippen LogP contribution in [0.2, 0.25) is 0 Å². The Morgan fingerprint density at radius 1 is 1.12 bits per heavy atom. The number of rotatable bonds is 6. The van der Waals surface area contributed by atoms with E-state index < -0.39 is 0 Å². The average molecular weight is 340 g/mol. The van der Waals surface area contributed by atoms with Gasteiger partial charge in [0.15, 0.2) is 0 Å². The molecule has 1 N–H and O–H groups in total. The summed E-state index contributed by atoms with van der Waals surface area (Å²) in [6.07, 6.45) is 1.70. The molecule has 1 unspecified atom stereocenters. The van der Waals surface area contributed by atoms with Crippen molar-refractivity contribution in [1.82, 2.24) is 0 Å². The summed E-state index contributed by atoms with van der Waals surface area (Å²) in [5, 5.41) is 2.94. The van der Waals surface area contributed by atoms with E-state index in [2.05, 4.69) is 10.2 Å². The zero-order chi connectivity index (χ0) is 17.6. The van der Waals surface area contributed by atoms with Gasteiger partial charge in [0.2, 0.25) is 5.91 Å². The molecule has 1 atom stereocenters. The number of hydrogen-bond donors (Lipinski definition) is 1. The summed E-state index contributed by atoms with van der Waals surface area (Å²) in [6, 6.07) is 15.5. The second-order valence-corrected chi connectivity index (χ2v) is 6.21. The number of nitrogens with one attached hydrogen (secondary N) is 1. The lowest BCUT2D eigenvalue weighted by Crippen LogP contribution is -2.22. The number of amides is 1. The lowest BCUT2D eigenvalue weighted by Gasteiger charge is -2.18. The van der Waals surface area contributed by atoms with Crippen molar-refractivity contribution >= 4 is 17.3 Å². The molecule has 1 aliphatic rings. The molecule has 5 nitrogen and oxygen atoms in total. The minimum absolute atomic E-state index is 0.0291. The van der Waals surface area contributed by atoms with E-state index in [0.29, 0.717) is 12.5 Å². The summed E-state index contributed by atoms with van der Waals surface area (Å²) < 4.78 is 10.5. The van der Waals surface area contributed by atoms with Crippen LogP contribution in [0.1, 0.15) is 12.0 Å². The van der Waals surface area contributed by atoms with Crippen molar-refractivity contribution in [3.05, 3.63) is 54.1 Å². The number of hydrogen-bond acceptors (Lipinski definition) is 4. The molecule has 1 aliphatic heterocycles. The summed E-state index contributed by atoms with van der Waals surface area (Å²) >= 11 is 0. The SMILES string of the molecule is COc1ccc(CC(=O)Nc2ccc(N3CCC(OC)C3)cc2)cc1. The summed E-state index contributed by atoms with van der Waals surface area (Å²) in [5.41, 5.74) is 2.93. The molecule has 0 bridgehead atoms. The van der Waals surface area contributed by atoms with Gasteiger partial charge in [0, 0.05) is 31.6 Å². The summed E-state index contributed by atoms with van der Waals surface area (Å²) in [6.45, 7) is 1.92. The van der Waals surface area contributed by atoms with Gasteiger partial charge in [-0.1, -0.05) is 12.1 Å². The van der Waals surface area contributed by atoms with Crippen molar-refractivity contribution in [2.45, 2.75) is 18.9 Å². The van der Waals surface area contributed by atoms with Gasteiger partial charge in [-0.3, -0.25) is 4.79 Å². The number of carbonyl (C=O) groups excluding carboxylic acids is 1. The van der Waals surface area contributed by atoms with Crippen LogP contribution >= 0.6 is 0 Å². The minimum Gasteiger partial charge on any atom is -0.497 e. The van der Waals surface area contributed by atoms with Crippen LogP contribution in [0.25, 0.3) is 0 Å². The standard InChI is InChI=1S/C20H24N2O3/c1-24-18-9-3-15(4-10-18)13-20(23)21-16-5-7-17(8-6-16)22-12-11-19(14-22)25-2/h3-10,19H,11-14H2,1-2H3,(H,21,23). The second-order valence-electron chi connectivity index (χ2n) is 6.21. The number of anilines is 2. The molecule has 0 aliphatic carbocycles. The van der Waals surface area contributed by atoms with Gasteiger partial charge >= 0.3 is 0 Å². The van der Waals surface area contributed by atoms with Crippen molar-refractivity contribution in [3.8, 4) is 5.75 Å². The molecule has 1 heterocycles. The van der Waals surface area contributed by atoms with Crippen LogP contribution in [-0.4, -0.2) is 39.3 Å². The highest BCUT2D eigenvalue weighted by Gasteiger charge is 2.22. The third-order valence-corrected chi connectivity index (χ3v) is 4.52. The van der Waals surface area contributed by atoms with Gasteiger partial charge in [-0.2, -0.15) is 0 Å². The zero-order valence-corrected chi connectivity index (χ0v) is 14.7. The van der Waals surface area contributed by atoms with Crippen LogP contribution < -0.4 is 15.0 Å². The molecule has 5 heteroatoms. The molecular weight excluding hydrogens is 316 g/mol. The van der Waals surface area contributed by atoms with E-state index in [4.69, 9.17) is 9.47 Å². The van der Waals surface area contributed by atoms with Gasteiger partial charge in [-0.25, -0.2) is 0 Å². The van der Waals surface area contributed by atoms with E-state index in [1.807, 2.05) is 48.5 Å². The lowest BCUT2D eigenvalue weighted by atomic mass is 10.1. The first kappa shape index (κ1) is 17.3. The highest BCUT2D eigenvalue weighted by atomic mass is 16.5. The first-order chi connectivity index (χ1) is 12.2. The van der Waals surface area contributed by atoms with Crippen LogP contribution in [0, 0.1) is 0 Å². The fourth-order valence-corrected chi connectivity index (χ4v) is 3.04. The van der Waals surface area contributed by atoms with E-state index in [1.165, 1.54) is 0 Å². The van der Waals surface area contributed by atoms with Gasteiger partial charge in [-0.05, 0) is 48.4 Å². The molecule has 1 saturated heterocycles. The Balaban J connectivity index is 1.54. The zero-order valence-electron chi connectivity index (χ0n) is 14.7. The average Bonchev–Trinajstić information content (AvgIpc) is 3.12. The van der Waals surface area contributed by atoms with Gasteiger partial charge in [0.25, 0.3) is 0 Å². The van der Waals surface area contributed by atoms with Crippen molar-refractivity contribution in [2.75, 3.05) is 37.5 Å². The third kappa shape index (κ3) is 4.51. The molecule has 0 aromatic heterocycles. The van der Waals surface area contributed by atoms with Gasteiger partial charge in [-0.15, -0.1) is 0 Å². The van der Waals surface area contributed by atoms with E-state index in [0.717, 1.165) is 42.2 Å². The predicted octanol–water partition coefficient (Wildman–Crippen LogP) is 3.10. The Kier molecular flexibility index (Phi) is 5.56. The Bertz CT molecular complexity index is 698. The molecule has 2 aromatic carbocycles. The quantitative estimate of drug-likeness (QED) is 0.878. The fourth-order valence-electron chi connectivity index (χ4n) is 3.04. The third-order valence-electron chi connectivity index (χ3n) is 4.52. The highest BCUT2D eigenvalue weighted by Crippen LogP contribution is 2.23. The minimum atomic E-state index is -0.0291. The van der Waals surface area contributed by atoms with Gasteiger partial charge in [0.1, 0.15) is 5.75 Å². The number of ether oxygens (including phenoxy) is 2. The van der Waals surface area contributed by atoms with E-state index in [-0.39, 0.29) is 5.91 Å². The van der Waals surface area contributed by atoms with Crippen molar-refractivity contribution in [1.29, 1.82) is 0 Å². The van der Waals surface area contributed by atoms with Crippen LogP contribution in [0.15, 0.2) is 48.5 Å². The van der Waals surface area contributed by atoms with E-state index in [1.54, 1.807) is 14.2 Å². The Hall–Kier alpha value is -2.53. The summed E-state index contributed by atoms with van der Waals surface area (Å²) in [5.74, 6) is 0.760. The van der Waals surface area contributed by atoms with Crippen LogP contribution in [-0.2, 0) is 16.0 Å². The van der Waals surface area contributed by atoms with Gasteiger partial charge in [0.05, 0.1) is 19.6 Å². The molecule has 25 heavy (non-hydrogen) atoms. The monoisotopic (exact) mass is 340 g/mol. The fraction of sp³-hybridized carbons (Fsp3) is 0.350. The van der Waals surface area contributed by atoms with Crippen LogP contribution in [0.4, 0.5) is 11.4 Å². The first-order valence-electron chi connectivity index (χ1n) is 8.48. The van der Waals surface area contributed by atoms with Crippen molar-refractivity contribution in [3.63, 3.8) is 0 Å². The molecule has 3 rings (SSSR count). The van der Waals surface area contributed by atoms with Crippen molar-refractivity contribution in [2.24, 2.45) is 0 Å². The molecule has 132 valence electrons. The van der Waals surface area contributed by atoms with E-state index in [9.17, 15) is 4.79 Å². The first-order valence-corrected chi connectivity index (χ1v) is 8.48.